The van der Waals surface area contributed by atoms with E-state index in [4.69, 9.17) is 4.74 Å². The normalized spacial score (nSPS) is 10.2. The summed E-state index contributed by atoms with van der Waals surface area (Å²) in [5.74, 6) is 1.58. The quantitative estimate of drug-likeness (QED) is 0.719. The van der Waals surface area contributed by atoms with E-state index in [-0.39, 0.29) is 0 Å². The van der Waals surface area contributed by atoms with Crippen molar-refractivity contribution < 1.29 is 4.74 Å². The second-order valence-corrected chi connectivity index (χ2v) is 4.34. The molecule has 4 heteroatoms. The van der Waals surface area contributed by atoms with Crippen LogP contribution in [-0.2, 0) is 6.42 Å². The predicted octanol–water partition coefficient (Wildman–Crippen LogP) is 3.21. The molecule has 0 atom stereocenters. The molecular weight excluding hydrogens is 226 g/mol. The van der Waals surface area contributed by atoms with Gasteiger partial charge in [0, 0.05) is 13.0 Å². The second kappa shape index (κ2) is 7.69. The highest BCUT2D eigenvalue weighted by atomic mass is 16.5. The summed E-state index contributed by atoms with van der Waals surface area (Å²) in [5, 5.41) is 3.30. The van der Waals surface area contributed by atoms with Crippen molar-refractivity contribution in [1.82, 2.24) is 9.97 Å². The minimum Gasteiger partial charge on any atom is -0.477 e. The molecule has 1 aromatic rings. The largest absolute Gasteiger partial charge is 0.477 e. The van der Waals surface area contributed by atoms with Crippen LogP contribution in [-0.4, -0.2) is 23.1 Å². The lowest BCUT2D eigenvalue weighted by atomic mass is 10.2. The fourth-order valence-electron chi connectivity index (χ4n) is 1.56. The highest BCUT2D eigenvalue weighted by molar-refractivity contribution is 5.48. The van der Waals surface area contributed by atoms with E-state index in [9.17, 15) is 0 Å². The third-order valence-electron chi connectivity index (χ3n) is 2.57. The van der Waals surface area contributed by atoms with Crippen LogP contribution in [0.2, 0.25) is 0 Å². The van der Waals surface area contributed by atoms with Crippen molar-refractivity contribution in [3.05, 3.63) is 24.0 Å². The highest BCUT2D eigenvalue weighted by Gasteiger charge is 2.10. The van der Waals surface area contributed by atoms with Crippen LogP contribution in [0.4, 0.5) is 5.82 Å². The molecule has 1 aromatic heterocycles. The summed E-state index contributed by atoms with van der Waals surface area (Å²) in [6.07, 6.45) is 4.33. The van der Waals surface area contributed by atoms with Crippen LogP contribution >= 0.6 is 0 Å². The van der Waals surface area contributed by atoms with Crippen molar-refractivity contribution in [2.24, 2.45) is 0 Å². The van der Waals surface area contributed by atoms with E-state index in [0.717, 1.165) is 42.8 Å². The van der Waals surface area contributed by atoms with Crippen molar-refractivity contribution in [2.45, 2.75) is 40.0 Å². The summed E-state index contributed by atoms with van der Waals surface area (Å²) in [6.45, 7) is 11.6. The number of ether oxygens (including phenoxy) is 1. The SMILES string of the molecule is C=C(C)CCOc1ncnc(NCCC)c1CC. The molecule has 0 radical (unpaired) electrons. The van der Waals surface area contributed by atoms with Gasteiger partial charge in [0.2, 0.25) is 5.88 Å². The zero-order chi connectivity index (χ0) is 13.4. The molecule has 4 nitrogen and oxygen atoms in total. The van der Waals surface area contributed by atoms with Gasteiger partial charge in [-0.1, -0.05) is 19.4 Å². The van der Waals surface area contributed by atoms with Crippen molar-refractivity contribution in [3.63, 3.8) is 0 Å². The zero-order valence-electron chi connectivity index (χ0n) is 11.6. The molecule has 0 aliphatic heterocycles. The van der Waals surface area contributed by atoms with E-state index in [1.807, 2.05) is 6.92 Å². The Morgan fingerprint density at radius 1 is 1.39 bits per heavy atom. The Bertz CT molecular complexity index is 391. The summed E-state index contributed by atoms with van der Waals surface area (Å²) in [4.78, 5) is 8.48. The highest BCUT2D eigenvalue weighted by Crippen LogP contribution is 2.22. The van der Waals surface area contributed by atoms with Crippen LogP contribution in [0.5, 0.6) is 5.88 Å². The van der Waals surface area contributed by atoms with Gasteiger partial charge in [-0.25, -0.2) is 9.97 Å². The third kappa shape index (κ3) is 4.35. The number of hydrogen-bond donors (Lipinski definition) is 1. The van der Waals surface area contributed by atoms with E-state index in [1.54, 1.807) is 6.33 Å². The van der Waals surface area contributed by atoms with Gasteiger partial charge >= 0.3 is 0 Å². The first kappa shape index (κ1) is 14.5. The lowest BCUT2D eigenvalue weighted by Gasteiger charge is -2.13. The number of anilines is 1. The molecule has 0 aromatic carbocycles. The Kier molecular flexibility index (Phi) is 6.19. The van der Waals surface area contributed by atoms with Crippen LogP contribution in [0.3, 0.4) is 0 Å². The monoisotopic (exact) mass is 249 g/mol. The minimum atomic E-state index is 0.618. The summed E-state index contributed by atoms with van der Waals surface area (Å²) in [7, 11) is 0. The molecule has 0 fully saturated rings. The van der Waals surface area contributed by atoms with Gasteiger partial charge in [0.05, 0.1) is 12.2 Å². The molecule has 1 rings (SSSR count). The molecule has 1 heterocycles. The molecule has 1 N–H and O–H groups in total. The summed E-state index contributed by atoms with van der Waals surface area (Å²) < 4.78 is 5.71. The van der Waals surface area contributed by atoms with Gasteiger partial charge in [-0.3, -0.25) is 0 Å². The molecule has 0 amide bonds. The number of hydrogen-bond acceptors (Lipinski definition) is 4. The van der Waals surface area contributed by atoms with Crippen molar-refractivity contribution in [2.75, 3.05) is 18.5 Å². The number of rotatable bonds is 8. The van der Waals surface area contributed by atoms with Gasteiger partial charge in [-0.15, -0.1) is 6.58 Å². The number of nitrogens with zero attached hydrogens (tertiary/aromatic N) is 2. The van der Waals surface area contributed by atoms with Crippen LogP contribution in [0, 0.1) is 0 Å². The maximum Gasteiger partial charge on any atom is 0.221 e. The van der Waals surface area contributed by atoms with E-state index in [0.29, 0.717) is 12.5 Å². The zero-order valence-corrected chi connectivity index (χ0v) is 11.6. The molecule has 0 saturated carbocycles. The molecule has 0 saturated heterocycles. The van der Waals surface area contributed by atoms with Gasteiger partial charge in [0.1, 0.15) is 12.1 Å². The maximum atomic E-state index is 5.71. The Balaban J connectivity index is 2.73. The van der Waals surface area contributed by atoms with Gasteiger partial charge < -0.3 is 10.1 Å². The van der Waals surface area contributed by atoms with Crippen LogP contribution in [0.15, 0.2) is 18.5 Å². The van der Waals surface area contributed by atoms with E-state index in [2.05, 4.69) is 35.7 Å². The van der Waals surface area contributed by atoms with Gasteiger partial charge in [-0.05, 0) is 19.8 Å². The molecule has 18 heavy (non-hydrogen) atoms. The van der Waals surface area contributed by atoms with Crippen LogP contribution < -0.4 is 10.1 Å². The number of aromatic nitrogens is 2. The van der Waals surface area contributed by atoms with E-state index in [1.165, 1.54) is 0 Å². The second-order valence-electron chi connectivity index (χ2n) is 4.34. The minimum absolute atomic E-state index is 0.618. The topological polar surface area (TPSA) is 47.0 Å². The maximum absolute atomic E-state index is 5.71. The smallest absolute Gasteiger partial charge is 0.221 e. The Labute approximate surface area is 109 Å². The molecule has 0 bridgehead atoms. The molecule has 0 aliphatic carbocycles. The summed E-state index contributed by atoms with van der Waals surface area (Å²) in [6, 6.07) is 0. The average molecular weight is 249 g/mol. The van der Waals surface area contributed by atoms with Crippen molar-refractivity contribution in [1.29, 1.82) is 0 Å². The fourth-order valence-corrected chi connectivity index (χ4v) is 1.56. The fraction of sp³-hybridized carbons (Fsp3) is 0.571. The Morgan fingerprint density at radius 3 is 2.78 bits per heavy atom. The molecular formula is C14H23N3O. The Morgan fingerprint density at radius 2 is 2.17 bits per heavy atom. The Hall–Kier alpha value is -1.58. The summed E-state index contributed by atoms with van der Waals surface area (Å²) >= 11 is 0. The average Bonchev–Trinajstić information content (AvgIpc) is 2.36. The van der Waals surface area contributed by atoms with Crippen molar-refractivity contribution in [3.8, 4) is 5.88 Å². The van der Waals surface area contributed by atoms with Gasteiger partial charge in [0.15, 0.2) is 0 Å². The lowest BCUT2D eigenvalue weighted by molar-refractivity contribution is 0.305. The molecule has 0 aliphatic rings. The summed E-state index contributed by atoms with van der Waals surface area (Å²) in [5.41, 5.74) is 2.17. The molecule has 100 valence electrons. The first-order chi connectivity index (χ1) is 8.69. The first-order valence-corrected chi connectivity index (χ1v) is 6.53. The third-order valence-corrected chi connectivity index (χ3v) is 2.57. The number of nitrogens with one attached hydrogen (secondary N) is 1. The van der Waals surface area contributed by atoms with Crippen LogP contribution in [0.25, 0.3) is 0 Å². The standard InChI is InChI=1S/C14H23N3O/c1-5-8-15-13-12(6-2)14(17-10-16-13)18-9-7-11(3)4/h10H,3,5-9H2,1-2,4H3,(H,15,16,17). The van der Waals surface area contributed by atoms with Crippen LogP contribution in [0.1, 0.15) is 39.2 Å². The molecule has 0 spiro atoms. The van der Waals surface area contributed by atoms with E-state index < -0.39 is 0 Å². The lowest BCUT2D eigenvalue weighted by Crippen LogP contribution is -2.09. The first-order valence-electron chi connectivity index (χ1n) is 6.53. The molecule has 0 unspecified atom stereocenters. The van der Waals surface area contributed by atoms with Gasteiger partial charge in [-0.2, -0.15) is 0 Å². The predicted molar refractivity (Wildman–Crippen MR) is 75.1 cm³/mol. The van der Waals surface area contributed by atoms with Gasteiger partial charge in [0.25, 0.3) is 0 Å². The van der Waals surface area contributed by atoms with Crippen molar-refractivity contribution >= 4 is 5.82 Å². The van der Waals surface area contributed by atoms with E-state index >= 15 is 0 Å².